The van der Waals surface area contributed by atoms with E-state index in [0.29, 0.717) is 11.0 Å². The second-order valence-electron chi connectivity index (χ2n) is 6.22. The molecule has 160 valence electrons. The fourth-order valence-electron chi connectivity index (χ4n) is 2.62. The number of imide groups is 2. The number of barbiturate groups is 1. The van der Waals surface area contributed by atoms with Gasteiger partial charge in [0, 0.05) is 16.3 Å². The number of carbonyl (C=O) groups excluding carboxylic acids is 4. The molecule has 5 amide bonds. The summed E-state index contributed by atoms with van der Waals surface area (Å²) in [6.07, 6.45) is -3.90. The molecule has 0 aliphatic carbocycles. The summed E-state index contributed by atoms with van der Waals surface area (Å²) in [6, 6.07) is 8.57. The first-order chi connectivity index (χ1) is 14.6. The Kier molecular flexibility index (Phi) is 6.20. The smallest absolute Gasteiger partial charge is 0.276 e. The molecule has 0 aromatic heterocycles. The van der Waals surface area contributed by atoms with Crippen LogP contribution in [-0.4, -0.2) is 30.0 Å². The van der Waals surface area contributed by atoms with Gasteiger partial charge in [-0.3, -0.25) is 19.7 Å². The van der Waals surface area contributed by atoms with Gasteiger partial charge >= 0.3 is 12.2 Å². The van der Waals surface area contributed by atoms with E-state index < -0.39 is 41.4 Å². The molecule has 8 nitrogen and oxygen atoms in total. The number of halogens is 4. The van der Waals surface area contributed by atoms with Gasteiger partial charge < -0.3 is 0 Å². The zero-order valence-electron chi connectivity index (χ0n) is 15.3. The zero-order valence-corrected chi connectivity index (χ0v) is 16.9. The molecule has 1 aliphatic rings. The van der Waals surface area contributed by atoms with Gasteiger partial charge in [0.15, 0.2) is 5.92 Å². The number of urea groups is 1. The Bertz CT molecular complexity index is 1090. The van der Waals surface area contributed by atoms with Crippen LogP contribution in [-0.2, 0) is 15.8 Å². The summed E-state index contributed by atoms with van der Waals surface area (Å²) in [6.45, 7) is 0. The lowest BCUT2D eigenvalue weighted by Crippen LogP contribution is -2.58. The Labute approximate surface area is 181 Å². The third-order valence-corrected chi connectivity index (χ3v) is 4.66. The average Bonchev–Trinajstić information content (AvgIpc) is 2.70. The molecular weight excluding hydrogens is 485 g/mol. The molecule has 2 aromatic carbocycles. The van der Waals surface area contributed by atoms with E-state index in [1.807, 2.05) is 5.32 Å². The summed E-state index contributed by atoms with van der Waals surface area (Å²) in [5, 5.41) is 5.45. The Morgan fingerprint density at radius 2 is 1.81 bits per heavy atom. The van der Waals surface area contributed by atoms with E-state index in [1.54, 1.807) is 12.1 Å². The molecule has 2 N–H and O–H groups in total. The molecule has 0 spiro atoms. The van der Waals surface area contributed by atoms with Crippen molar-refractivity contribution >= 4 is 51.6 Å². The monoisotopic (exact) mass is 496 g/mol. The van der Waals surface area contributed by atoms with Crippen molar-refractivity contribution in [1.82, 2.24) is 10.7 Å². The summed E-state index contributed by atoms with van der Waals surface area (Å²) < 4.78 is 39.6. The third-order valence-electron chi connectivity index (χ3n) is 4.13. The summed E-state index contributed by atoms with van der Waals surface area (Å²) in [4.78, 5) is 49.2. The van der Waals surface area contributed by atoms with Crippen LogP contribution in [0.4, 0.5) is 23.7 Å². The first-order valence-corrected chi connectivity index (χ1v) is 9.32. The normalized spacial score (nSPS) is 17.1. The lowest BCUT2D eigenvalue weighted by Gasteiger charge is -2.28. The molecule has 0 radical (unpaired) electrons. The second-order valence-corrected chi connectivity index (χ2v) is 7.14. The molecule has 1 fully saturated rings. The van der Waals surface area contributed by atoms with Crippen LogP contribution in [0, 0.1) is 5.92 Å². The Morgan fingerprint density at radius 3 is 2.45 bits per heavy atom. The van der Waals surface area contributed by atoms with Gasteiger partial charge in [-0.1, -0.05) is 22.0 Å². The van der Waals surface area contributed by atoms with Crippen LogP contribution in [0.3, 0.4) is 0 Å². The van der Waals surface area contributed by atoms with Crippen molar-refractivity contribution in [3.05, 3.63) is 64.1 Å². The van der Waals surface area contributed by atoms with E-state index in [1.165, 1.54) is 12.1 Å². The molecule has 1 atom stereocenters. The van der Waals surface area contributed by atoms with Gasteiger partial charge in [-0.2, -0.15) is 18.3 Å². The van der Waals surface area contributed by atoms with Crippen molar-refractivity contribution in [2.45, 2.75) is 6.18 Å². The van der Waals surface area contributed by atoms with Gasteiger partial charge in [-0.15, -0.1) is 0 Å². The fraction of sp³-hybridized carbons (Fsp3) is 0.105. The Morgan fingerprint density at radius 1 is 1.13 bits per heavy atom. The number of benzene rings is 2. The number of hydrazone groups is 1. The molecule has 3 rings (SSSR count). The van der Waals surface area contributed by atoms with Crippen molar-refractivity contribution in [3.8, 4) is 0 Å². The number of hydrogen-bond donors (Lipinski definition) is 2. The molecule has 1 heterocycles. The molecule has 1 aliphatic heterocycles. The molecule has 0 saturated carbocycles. The van der Waals surface area contributed by atoms with Crippen LogP contribution >= 0.6 is 15.9 Å². The number of anilines is 1. The predicted octanol–water partition coefficient (Wildman–Crippen LogP) is 3.08. The number of nitrogens with zero attached hydrogens (tertiary/aromatic N) is 2. The van der Waals surface area contributed by atoms with Gasteiger partial charge in [-0.05, 0) is 42.5 Å². The van der Waals surface area contributed by atoms with Gasteiger partial charge in [-0.25, -0.2) is 15.1 Å². The Hall–Kier alpha value is -3.54. The zero-order chi connectivity index (χ0) is 22.8. The number of nitrogens with one attached hydrogen (secondary N) is 2. The predicted molar refractivity (Wildman–Crippen MR) is 106 cm³/mol. The van der Waals surface area contributed by atoms with Crippen molar-refractivity contribution in [1.29, 1.82) is 0 Å². The first kappa shape index (κ1) is 22.2. The van der Waals surface area contributed by atoms with Crippen molar-refractivity contribution in [2.75, 3.05) is 4.90 Å². The van der Waals surface area contributed by atoms with Crippen LogP contribution < -0.4 is 15.6 Å². The summed E-state index contributed by atoms with van der Waals surface area (Å²) in [5.74, 6) is -4.41. The highest BCUT2D eigenvalue weighted by Crippen LogP contribution is 2.32. The van der Waals surface area contributed by atoms with Crippen molar-refractivity contribution < 1.29 is 32.3 Å². The summed E-state index contributed by atoms with van der Waals surface area (Å²) in [7, 11) is 0. The van der Waals surface area contributed by atoms with Crippen LogP contribution in [0.2, 0.25) is 0 Å². The number of amides is 5. The van der Waals surface area contributed by atoms with Crippen LogP contribution in [0.15, 0.2) is 58.1 Å². The highest BCUT2D eigenvalue weighted by atomic mass is 79.9. The maximum atomic E-state index is 13.0. The van der Waals surface area contributed by atoms with Crippen LogP contribution in [0.5, 0.6) is 0 Å². The topological polar surface area (TPSA) is 108 Å². The lowest BCUT2D eigenvalue weighted by molar-refractivity contribution is -0.138. The van der Waals surface area contributed by atoms with E-state index in [-0.39, 0.29) is 11.3 Å². The first-order valence-electron chi connectivity index (χ1n) is 8.53. The quantitative estimate of drug-likeness (QED) is 0.385. The molecule has 31 heavy (non-hydrogen) atoms. The second kappa shape index (κ2) is 8.68. The largest absolute Gasteiger partial charge is 0.416 e. The minimum atomic E-state index is -4.70. The summed E-state index contributed by atoms with van der Waals surface area (Å²) >= 11 is 3.22. The maximum absolute atomic E-state index is 13.0. The Balaban J connectivity index is 1.79. The molecular formula is C19H12BrF3N4O4. The van der Waals surface area contributed by atoms with E-state index in [2.05, 4.69) is 26.5 Å². The number of alkyl halides is 3. The van der Waals surface area contributed by atoms with Crippen molar-refractivity contribution in [3.63, 3.8) is 0 Å². The van der Waals surface area contributed by atoms with E-state index in [4.69, 9.17) is 0 Å². The molecule has 0 bridgehead atoms. The highest BCUT2D eigenvalue weighted by molar-refractivity contribution is 9.10. The van der Waals surface area contributed by atoms with Crippen LogP contribution in [0.1, 0.15) is 15.9 Å². The fourth-order valence-corrected chi connectivity index (χ4v) is 2.89. The van der Waals surface area contributed by atoms with E-state index >= 15 is 0 Å². The minimum absolute atomic E-state index is 0.251. The lowest BCUT2D eigenvalue weighted by atomic mass is 10.1. The van der Waals surface area contributed by atoms with E-state index in [0.717, 1.165) is 28.9 Å². The van der Waals surface area contributed by atoms with Gasteiger partial charge in [0.2, 0.25) is 5.91 Å². The average molecular weight is 497 g/mol. The summed E-state index contributed by atoms with van der Waals surface area (Å²) in [5.41, 5.74) is 0.935. The van der Waals surface area contributed by atoms with Crippen molar-refractivity contribution in [2.24, 2.45) is 11.0 Å². The van der Waals surface area contributed by atoms with Gasteiger partial charge in [0.25, 0.3) is 11.8 Å². The highest BCUT2D eigenvalue weighted by Gasteiger charge is 2.41. The standard InChI is InChI=1S/C19H12BrF3N4O4/c20-12-6-4-10(5-7-12)15(28)26-24-9-14-16(29)25-18(31)27(17(14)30)13-3-1-2-11(8-13)19(21,22)23/h1-9,14H,(H,26,28)(H,25,29,31)/b24-9-/t14-/m0/s1. The maximum Gasteiger partial charge on any atom is 0.416 e. The van der Waals surface area contributed by atoms with Gasteiger partial charge in [0.1, 0.15) is 0 Å². The molecule has 0 unspecified atom stereocenters. The van der Waals surface area contributed by atoms with E-state index in [9.17, 15) is 32.3 Å². The number of carbonyl (C=O) groups is 4. The number of rotatable bonds is 4. The molecule has 2 aromatic rings. The van der Waals surface area contributed by atoms with Crippen LogP contribution in [0.25, 0.3) is 0 Å². The molecule has 1 saturated heterocycles. The third kappa shape index (κ3) is 4.97. The van der Waals surface area contributed by atoms with Gasteiger partial charge in [0.05, 0.1) is 11.3 Å². The number of hydrogen-bond acceptors (Lipinski definition) is 5. The minimum Gasteiger partial charge on any atom is -0.276 e. The molecule has 12 heteroatoms. The SMILES string of the molecule is O=C(N/N=C\[C@H]1C(=O)NC(=O)N(c2cccc(C(F)(F)F)c2)C1=O)c1ccc(Br)cc1.